The van der Waals surface area contributed by atoms with Crippen LogP contribution in [0.2, 0.25) is 0 Å². The van der Waals surface area contributed by atoms with Crippen LogP contribution in [0.3, 0.4) is 0 Å². The van der Waals surface area contributed by atoms with Crippen molar-refractivity contribution in [1.29, 1.82) is 5.26 Å². The molecule has 0 atom stereocenters. The Labute approximate surface area is 90.7 Å². The molecule has 0 bridgehead atoms. The van der Waals surface area contributed by atoms with Gasteiger partial charge in [-0.2, -0.15) is 18.4 Å². The molecule has 0 aromatic carbocycles. The number of hydrogen-bond acceptors (Lipinski definition) is 2. The average Bonchev–Trinajstić information content (AvgIpc) is 2.16. The third-order valence-electron chi connectivity index (χ3n) is 3.03. The Kier molecular flexibility index (Phi) is 2.38. The molecule has 84 valence electrons. The number of pyridine rings is 1. The topological polar surface area (TPSA) is 36.7 Å². The summed E-state index contributed by atoms with van der Waals surface area (Å²) in [5, 5.41) is 9.02. The predicted octanol–water partition coefficient (Wildman–Crippen LogP) is 3.05. The normalized spacial score (nSPS) is 18.6. The van der Waals surface area contributed by atoms with Gasteiger partial charge in [-0.3, -0.25) is 4.98 Å². The number of aromatic nitrogens is 1. The van der Waals surface area contributed by atoms with E-state index >= 15 is 0 Å². The largest absolute Gasteiger partial charge is 0.433 e. The van der Waals surface area contributed by atoms with Crippen molar-refractivity contribution in [1.82, 2.24) is 4.98 Å². The van der Waals surface area contributed by atoms with Gasteiger partial charge in [0.15, 0.2) is 0 Å². The van der Waals surface area contributed by atoms with Crippen molar-refractivity contribution in [3.8, 4) is 6.07 Å². The lowest BCUT2D eigenvalue weighted by Crippen LogP contribution is -2.32. The average molecular weight is 226 g/mol. The first-order chi connectivity index (χ1) is 7.48. The van der Waals surface area contributed by atoms with Gasteiger partial charge in [0.2, 0.25) is 0 Å². The van der Waals surface area contributed by atoms with E-state index in [1.54, 1.807) is 0 Å². The number of halogens is 3. The van der Waals surface area contributed by atoms with Crippen LogP contribution in [0.25, 0.3) is 0 Å². The molecule has 5 heteroatoms. The van der Waals surface area contributed by atoms with Crippen LogP contribution in [0.15, 0.2) is 18.3 Å². The van der Waals surface area contributed by atoms with Gasteiger partial charge in [0.25, 0.3) is 0 Å². The van der Waals surface area contributed by atoms with Gasteiger partial charge in [0.1, 0.15) is 5.69 Å². The molecule has 0 N–H and O–H groups in total. The molecule has 1 saturated carbocycles. The fourth-order valence-corrected chi connectivity index (χ4v) is 1.84. The number of hydrogen-bond donors (Lipinski definition) is 0. The molecular formula is C11H9F3N2. The van der Waals surface area contributed by atoms with Crippen LogP contribution in [0, 0.1) is 11.3 Å². The van der Waals surface area contributed by atoms with E-state index in [9.17, 15) is 13.2 Å². The van der Waals surface area contributed by atoms with Crippen molar-refractivity contribution in [2.45, 2.75) is 30.9 Å². The first kappa shape index (κ1) is 10.9. The Morgan fingerprint density at radius 2 is 2.00 bits per heavy atom. The van der Waals surface area contributed by atoms with Gasteiger partial charge in [-0.05, 0) is 30.9 Å². The molecule has 2 nitrogen and oxygen atoms in total. The zero-order valence-electron chi connectivity index (χ0n) is 8.38. The summed E-state index contributed by atoms with van der Waals surface area (Å²) in [6.45, 7) is 0. The quantitative estimate of drug-likeness (QED) is 0.737. The summed E-state index contributed by atoms with van der Waals surface area (Å²) in [5.74, 6) is 0. The molecule has 0 amide bonds. The molecule has 0 saturated heterocycles. The Hall–Kier alpha value is -1.57. The van der Waals surface area contributed by atoms with E-state index < -0.39 is 17.3 Å². The molecule has 1 fully saturated rings. The fourth-order valence-electron chi connectivity index (χ4n) is 1.84. The summed E-state index contributed by atoms with van der Waals surface area (Å²) in [5.41, 5.74) is -0.921. The number of nitrogens with zero attached hydrogens (tertiary/aromatic N) is 2. The third-order valence-corrected chi connectivity index (χ3v) is 3.03. The molecule has 0 radical (unpaired) electrons. The zero-order valence-corrected chi connectivity index (χ0v) is 8.38. The van der Waals surface area contributed by atoms with Crippen molar-refractivity contribution in [2.24, 2.45) is 0 Å². The minimum absolute atomic E-state index is 0.592. The number of alkyl halides is 3. The molecule has 1 aromatic heterocycles. The van der Waals surface area contributed by atoms with Crippen molar-refractivity contribution < 1.29 is 13.2 Å². The maximum atomic E-state index is 12.3. The van der Waals surface area contributed by atoms with Gasteiger partial charge in [-0.25, -0.2) is 0 Å². The molecule has 1 heterocycles. The van der Waals surface area contributed by atoms with E-state index in [1.165, 1.54) is 12.3 Å². The van der Waals surface area contributed by atoms with Gasteiger partial charge < -0.3 is 0 Å². The maximum absolute atomic E-state index is 12.3. The Morgan fingerprint density at radius 1 is 1.31 bits per heavy atom. The van der Waals surface area contributed by atoms with Crippen LogP contribution < -0.4 is 0 Å². The van der Waals surface area contributed by atoms with Gasteiger partial charge in [0, 0.05) is 6.20 Å². The lowest BCUT2D eigenvalue weighted by Gasteiger charge is -2.35. The second kappa shape index (κ2) is 3.48. The first-order valence-corrected chi connectivity index (χ1v) is 4.93. The summed E-state index contributed by atoms with van der Waals surface area (Å²) < 4.78 is 36.8. The second-order valence-electron chi connectivity index (χ2n) is 3.98. The van der Waals surface area contributed by atoms with Crippen LogP contribution in [0.5, 0.6) is 0 Å². The monoisotopic (exact) mass is 226 g/mol. The van der Waals surface area contributed by atoms with Crippen LogP contribution in [-0.2, 0) is 11.6 Å². The highest BCUT2D eigenvalue weighted by molar-refractivity contribution is 5.34. The van der Waals surface area contributed by atoms with Crippen molar-refractivity contribution in [3.05, 3.63) is 29.6 Å². The van der Waals surface area contributed by atoms with E-state index in [0.29, 0.717) is 18.4 Å². The highest BCUT2D eigenvalue weighted by Crippen LogP contribution is 2.43. The highest BCUT2D eigenvalue weighted by atomic mass is 19.4. The van der Waals surface area contributed by atoms with E-state index in [-0.39, 0.29) is 0 Å². The Morgan fingerprint density at radius 3 is 2.31 bits per heavy atom. The maximum Gasteiger partial charge on any atom is 0.433 e. The lowest BCUT2D eigenvalue weighted by atomic mass is 9.66. The minimum atomic E-state index is -4.42. The summed E-state index contributed by atoms with van der Waals surface area (Å²) >= 11 is 0. The summed E-state index contributed by atoms with van der Waals surface area (Å²) in [6, 6.07) is 4.46. The smallest absolute Gasteiger partial charge is 0.251 e. The Balaban J connectivity index is 2.30. The molecule has 16 heavy (non-hydrogen) atoms. The molecule has 0 unspecified atom stereocenters. The van der Waals surface area contributed by atoms with Gasteiger partial charge in [0.05, 0.1) is 11.5 Å². The molecule has 1 aliphatic carbocycles. The molecule has 0 aliphatic heterocycles. The molecule has 1 aliphatic rings. The number of rotatable bonds is 1. The van der Waals surface area contributed by atoms with Crippen LogP contribution in [0.4, 0.5) is 13.2 Å². The molecular weight excluding hydrogens is 217 g/mol. The lowest BCUT2D eigenvalue weighted by molar-refractivity contribution is -0.141. The molecule has 2 rings (SSSR count). The minimum Gasteiger partial charge on any atom is -0.251 e. The van der Waals surface area contributed by atoms with Crippen LogP contribution >= 0.6 is 0 Å². The van der Waals surface area contributed by atoms with E-state index in [2.05, 4.69) is 11.1 Å². The summed E-state index contributed by atoms with van der Waals surface area (Å²) in [6.07, 6.45) is -0.898. The second-order valence-corrected chi connectivity index (χ2v) is 3.98. The summed E-state index contributed by atoms with van der Waals surface area (Å²) in [4.78, 5) is 3.37. The van der Waals surface area contributed by atoms with E-state index in [1.807, 2.05) is 0 Å². The third kappa shape index (κ3) is 1.64. The Bertz CT molecular complexity index is 424. The SMILES string of the molecule is N#CC1(c2ccc(C(F)(F)F)nc2)CCC1. The first-order valence-electron chi connectivity index (χ1n) is 4.93. The van der Waals surface area contributed by atoms with Crippen molar-refractivity contribution >= 4 is 0 Å². The van der Waals surface area contributed by atoms with E-state index in [0.717, 1.165) is 12.5 Å². The van der Waals surface area contributed by atoms with Crippen molar-refractivity contribution in [3.63, 3.8) is 0 Å². The van der Waals surface area contributed by atoms with Crippen LogP contribution in [-0.4, -0.2) is 4.98 Å². The van der Waals surface area contributed by atoms with Gasteiger partial charge >= 0.3 is 6.18 Å². The van der Waals surface area contributed by atoms with Gasteiger partial charge in [-0.15, -0.1) is 0 Å². The highest BCUT2D eigenvalue weighted by Gasteiger charge is 2.40. The molecule has 1 aromatic rings. The number of nitriles is 1. The molecule has 0 spiro atoms. The predicted molar refractivity (Wildman–Crippen MR) is 50.4 cm³/mol. The fraction of sp³-hybridized carbons (Fsp3) is 0.455. The standard InChI is InChI=1S/C11H9F3N2/c12-11(13,14)9-3-2-8(6-16-9)10(7-15)4-1-5-10/h2-3,6H,1,4-5H2. The van der Waals surface area contributed by atoms with E-state index in [4.69, 9.17) is 5.26 Å². The van der Waals surface area contributed by atoms with Crippen molar-refractivity contribution in [2.75, 3.05) is 0 Å². The zero-order chi connectivity index (χ0) is 11.8. The van der Waals surface area contributed by atoms with Crippen LogP contribution in [0.1, 0.15) is 30.5 Å². The van der Waals surface area contributed by atoms with Gasteiger partial charge in [-0.1, -0.05) is 6.07 Å². The summed E-state index contributed by atoms with van der Waals surface area (Å²) in [7, 11) is 0.